The minimum Gasteiger partial charge on any atom is -0.336 e. The van der Waals surface area contributed by atoms with Crippen LogP contribution in [0.15, 0.2) is 30.6 Å². The number of benzene rings is 1. The molecule has 2 aromatic rings. The number of amides is 1. The molecule has 20 heavy (non-hydrogen) atoms. The number of rotatable bonds is 2. The summed E-state index contributed by atoms with van der Waals surface area (Å²) in [7, 11) is 1.97. The van der Waals surface area contributed by atoms with E-state index in [2.05, 4.69) is 4.98 Å². The Kier molecular flexibility index (Phi) is 3.49. The monoisotopic (exact) mass is 289 g/mol. The molecule has 0 radical (unpaired) electrons. The van der Waals surface area contributed by atoms with Crippen LogP contribution in [0.3, 0.4) is 0 Å². The summed E-state index contributed by atoms with van der Waals surface area (Å²) in [6.07, 6.45) is 3.04. The van der Waals surface area contributed by atoms with Crippen molar-refractivity contribution in [2.75, 3.05) is 6.54 Å². The molecule has 0 bridgehead atoms. The van der Waals surface area contributed by atoms with Crippen LogP contribution in [0.5, 0.6) is 0 Å². The van der Waals surface area contributed by atoms with Gasteiger partial charge in [-0.15, -0.1) is 0 Å². The van der Waals surface area contributed by atoms with Crippen LogP contribution in [0.4, 0.5) is 0 Å². The quantitative estimate of drug-likeness (QED) is 0.850. The Morgan fingerprint density at radius 1 is 1.45 bits per heavy atom. The average Bonchev–Trinajstić information content (AvgIpc) is 2.80. The van der Waals surface area contributed by atoms with Crippen LogP contribution < -0.4 is 0 Å². The van der Waals surface area contributed by atoms with Gasteiger partial charge in [0, 0.05) is 25.0 Å². The molecule has 104 valence electrons. The number of carbonyl (C=O) groups is 1. The Morgan fingerprint density at radius 3 is 3.10 bits per heavy atom. The Balaban J connectivity index is 1.71. The van der Waals surface area contributed by atoms with Gasteiger partial charge in [-0.2, -0.15) is 0 Å². The molecule has 1 aliphatic heterocycles. The molecule has 4 nitrogen and oxygen atoms in total. The predicted molar refractivity (Wildman–Crippen MR) is 77.5 cm³/mol. The molecule has 2 heterocycles. The van der Waals surface area contributed by atoms with Gasteiger partial charge in [0.1, 0.15) is 0 Å². The van der Waals surface area contributed by atoms with E-state index >= 15 is 0 Å². The minimum absolute atomic E-state index is 0.138. The lowest BCUT2D eigenvalue weighted by Gasteiger charge is -2.27. The van der Waals surface area contributed by atoms with E-state index in [9.17, 15) is 4.79 Å². The number of aromatic nitrogens is 2. The third-order valence-corrected chi connectivity index (χ3v) is 3.94. The first-order valence-electron chi connectivity index (χ1n) is 6.65. The first-order valence-corrected chi connectivity index (χ1v) is 7.02. The summed E-state index contributed by atoms with van der Waals surface area (Å²) in [5, 5.41) is 0.669. The number of hydrogen-bond donors (Lipinski definition) is 0. The highest BCUT2D eigenvalue weighted by Crippen LogP contribution is 2.18. The van der Waals surface area contributed by atoms with Gasteiger partial charge in [-0.1, -0.05) is 23.7 Å². The van der Waals surface area contributed by atoms with E-state index in [1.807, 2.05) is 47.1 Å². The maximum Gasteiger partial charge on any atom is 0.227 e. The average molecular weight is 290 g/mol. The van der Waals surface area contributed by atoms with Crippen LogP contribution in [-0.2, 0) is 31.2 Å². The molecule has 1 aromatic heterocycles. The second-order valence-corrected chi connectivity index (χ2v) is 5.56. The van der Waals surface area contributed by atoms with Gasteiger partial charge in [0.25, 0.3) is 0 Å². The van der Waals surface area contributed by atoms with Gasteiger partial charge in [0.05, 0.1) is 30.7 Å². The van der Waals surface area contributed by atoms with Crippen molar-refractivity contribution in [3.05, 3.63) is 52.6 Å². The minimum atomic E-state index is 0.138. The van der Waals surface area contributed by atoms with Crippen molar-refractivity contribution in [2.45, 2.75) is 19.4 Å². The fraction of sp³-hybridized carbons (Fsp3) is 0.333. The number of hydrogen-bond acceptors (Lipinski definition) is 2. The Labute approximate surface area is 123 Å². The molecule has 0 spiro atoms. The van der Waals surface area contributed by atoms with Crippen molar-refractivity contribution in [3.8, 4) is 0 Å². The van der Waals surface area contributed by atoms with Crippen molar-refractivity contribution in [1.82, 2.24) is 14.5 Å². The summed E-state index contributed by atoms with van der Waals surface area (Å²) >= 11 is 5.95. The van der Waals surface area contributed by atoms with Gasteiger partial charge in [-0.05, 0) is 17.7 Å². The number of fused-ring (bicyclic) bond motifs is 1. The van der Waals surface area contributed by atoms with Gasteiger partial charge >= 0.3 is 0 Å². The summed E-state index contributed by atoms with van der Waals surface area (Å²) < 4.78 is 1.99. The molecule has 1 amide bonds. The summed E-state index contributed by atoms with van der Waals surface area (Å²) in [6.45, 7) is 1.38. The van der Waals surface area contributed by atoms with E-state index in [-0.39, 0.29) is 5.91 Å². The van der Waals surface area contributed by atoms with Crippen molar-refractivity contribution >= 4 is 17.5 Å². The number of carbonyl (C=O) groups excluding carboxylic acids is 1. The summed E-state index contributed by atoms with van der Waals surface area (Å²) in [6, 6.07) is 7.47. The molecule has 0 saturated heterocycles. The summed E-state index contributed by atoms with van der Waals surface area (Å²) in [5.74, 6) is 0.138. The third-order valence-electron chi connectivity index (χ3n) is 3.70. The van der Waals surface area contributed by atoms with Crippen molar-refractivity contribution in [2.24, 2.45) is 7.05 Å². The zero-order valence-electron chi connectivity index (χ0n) is 11.3. The van der Waals surface area contributed by atoms with Crippen LogP contribution in [0, 0.1) is 0 Å². The first-order chi connectivity index (χ1) is 9.63. The highest BCUT2D eigenvalue weighted by atomic mass is 35.5. The zero-order chi connectivity index (χ0) is 14.1. The largest absolute Gasteiger partial charge is 0.336 e. The van der Waals surface area contributed by atoms with E-state index in [1.54, 1.807) is 0 Å². The standard InChI is InChI=1S/C15H16ClN3O/c1-18-10-17-13-5-6-19(9-14(13)18)15(20)8-11-3-2-4-12(16)7-11/h2-4,7,10H,5-6,8-9H2,1H3. The molecule has 0 atom stereocenters. The van der Waals surface area contributed by atoms with Gasteiger partial charge in [0.15, 0.2) is 0 Å². The molecule has 5 heteroatoms. The van der Waals surface area contributed by atoms with Crippen LogP contribution >= 0.6 is 11.6 Å². The summed E-state index contributed by atoms with van der Waals surface area (Å²) in [5.41, 5.74) is 3.20. The van der Waals surface area contributed by atoms with Crippen molar-refractivity contribution in [3.63, 3.8) is 0 Å². The predicted octanol–water partition coefficient (Wildman–Crippen LogP) is 2.20. The summed E-state index contributed by atoms with van der Waals surface area (Å²) in [4.78, 5) is 18.6. The lowest BCUT2D eigenvalue weighted by molar-refractivity contribution is -0.131. The molecular formula is C15H16ClN3O. The SMILES string of the molecule is Cn1cnc2c1CN(C(=O)Cc1cccc(Cl)c1)CC2. The molecule has 0 saturated carbocycles. The topological polar surface area (TPSA) is 38.1 Å². The lowest BCUT2D eigenvalue weighted by Crippen LogP contribution is -2.37. The van der Waals surface area contributed by atoms with Crippen LogP contribution in [0.2, 0.25) is 5.02 Å². The molecule has 3 rings (SSSR count). The highest BCUT2D eigenvalue weighted by molar-refractivity contribution is 6.30. The number of imidazole rings is 1. The second kappa shape index (κ2) is 5.29. The number of halogens is 1. The van der Waals surface area contributed by atoms with Crippen LogP contribution in [0.25, 0.3) is 0 Å². The Hall–Kier alpha value is -1.81. The first kappa shape index (κ1) is 13.2. The molecule has 1 aromatic carbocycles. The van der Waals surface area contributed by atoms with Gasteiger partial charge in [-0.25, -0.2) is 4.98 Å². The van der Waals surface area contributed by atoms with Crippen LogP contribution in [-0.4, -0.2) is 26.9 Å². The van der Waals surface area contributed by atoms with E-state index in [4.69, 9.17) is 11.6 Å². The fourth-order valence-corrected chi connectivity index (χ4v) is 2.78. The van der Waals surface area contributed by atoms with E-state index in [1.165, 1.54) is 0 Å². The van der Waals surface area contributed by atoms with E-state index < -0.39 is 0 Å². The Bertz CT molecular complexity index is 650. The molecule has 0 fully saturated rings. The van der Waals surface area contributed by atoms with E-state index in [0.29, 0.717) is 18.0 Å². The lowest BCUT2D eigenvalue weighted by atomic mass is 10.1. The molecule has 0 N–H and O–H groups in total. The molecular weight excluding hydrogens is 274 g/mol. The van der Waals surface area contributed by atoms with E-state index in [0.717, 1.165) is 29.9 Å². The normalized spacial score (nSPS) is 14.2. The highest BCUT2D eigenvalue weighted by Gasteiger charge is 2.23. The number of aryl methyl sites for hydroxylation is 1. The zero-order valence-corrected chi connectivity index (χ0v) is 12.1. The smallest absolute Gasteiger partial charge is 0.227 e. The van der Waals surface area contributed by atoms with Gasteiger partial charge in [-0.3, -0.25) is 4.79 Å². The molecule has 0 unspecified atom stereocenters. The van der Waals surface area contributed by atoms with Crippen LogP contribution in [0.1, 0.15) is 17.0 Å². The van der Waals surface area contributed by atoms with Gasteiger partial charge in [0.2, 0.25) is 5.91 Å². The molecule has 1 aliphatic rings. The Morgan fingerprint density at radius 2 is 2.30 bits per heavy atom. The number of nitrogens with zero attached hydrogens (tertiary/aromatic N) is 3. The van der Waals surface area contributed by atoms with Crippen molar-refractivity contribution in [1.29, 1.82) is 0 Å². The second-order valence-electron chi connectivity index (χ2n) is 5.12. The maximum atomic E-state index is 12.4. The third kappa shape index (κ3) is 2.56. The van der Waals surface area contributed by atoms with Gasteiger partial charge < -0.3 is 9.47 Å². The maximum absolute atomic E-state index is 12.4. The molecule has 0 aliphatic carbocycles. The van der Waals surface area contributed by atoms with Crippen molar-refractivity contribution < 1.29 is 4.79 Å². The fourth-order valence-electron chi connectivity index (χ4n) is 2.56.